The topological polar surface area (TPSA) is 85.9 Å². The Morgan fingerprint density at radius 1 is 0.829 bits per heavy atom. The minimum atomic E-state index is -0.288. The first-order chi connectivity index (χ1) is 17.0. The van der Waals surface area contributed by atoms with Crippen LogP contribution in [0.3, 0.4) is 0 Å². The minimum absolute atomic E-state index is 0.169. The lowest BCUT2D eigenvalue weighted by Crippen LogP contribution is -2.12. The second-order valence-electron chi connectivity index (χ2n) is 7.63. The van der Waals surface area contributed by atoms with E-state index in [4.69, 9.17) is 14.2 Å². The zero-order valence-corrected chi connectivity index (χ0v) is 20.2. The Bertz CT molecular complexity index is 1180. The second kappa shape index (κ2) is 12.8. The number of hydrogen-bond donors (Lipinski definition) is 2. The molecule has 0 heterocycles. The molecule has 0 fully saturated rings. The summed E-state index contributed by atoms with van der Waals surface area (Å²) in [5, 5.41) is 5.60. The fraction of sp³-hybridized carbons (Fsp3) is 0.214. The highest BCUT2D eigenvalue weighted by atomic mass is 16.5. The normalized spacial score (nSPS) is 10.6. The molecule has 35 heavy (non-hydrogen) atoms. The van der Waals surface area contributed by atoms with E-state index in [-0.39, 0.29) is 11.8 Å². The smallest absolute Gasteiger partial charge is 0.248 e. The first-order valence-corrected chi connectivity index (χ1v) is 11.4. The summed E-state index contributed by atoms with van der Waals surface area (Å²) in [5.41, 5.74) is 2.86. The van der Waals surface area contributed by atoms with Gasteiger partial charge in [0.25, 0.3) is 0 Å². The van der Waals surface area contributed by atoms with E-state index in [1.165, 1.54) is 13.0 Å². The molecule has 0 spiro atoms. The van der Waals surface area contributed by atoms with Gasteiger partial charge >= 0.3 is 0 Å². The molecule has 0 aliphatic carbocycles. The van der Waals surface area contributed by atoms with Gasteiger partial charge in [-0.3, -0.25) is 9.59 Å². The summed E-state index contributed by atoms with van der Waals surface area (Å²) in [6.45, 7) is 6.43. The van der Waals surface area contributed by atoms with Crippen LogP contribution in [0.2, 0.25) is 0 Å². The minimum Gasteiger partial charge on any atom is -0.490 e. The highest BCUT2D eigenvalue weighted by molar-refractivity contribution is 6.03. The van der Waals surface area contributed by atoms with Crippen molar-refractivity contribution in [2.24, 2.45) is 0 Å². The standard InChI is InChI=1S/C28H30N2O5/c1-4-33-27-19-22(13-15-26(27)35-18-17-34-23-9-6-5-7-10-23)14-16-28(32)30-25-12-8-11-24(20(25)2)29-21(3)31/h5-16,19H,4,17-18H2,1-3H3,(H,29,31)(H,30,32)/b16-14+. The Morgan fingerprint density at radius 3 is 2.26 bits per heavy atom. The molecule has 0 radical (unpaired) electrons. The van der Waals surface area contributed by atoms with E-state index in [2.05, 4.69) is 10.6 Å². The Hall–Kier alpha value is -4.26. The Kier molecular flexibility index (Phi) is 9.31. The molecule has 0 unspecified atom stereocenters. The van der Waals surface area contributed by atoms with E-state index in [1.807, 2.05) is 62.4 Å². The van der Waals surface area contributed by atoms with Crippen LogP contribution >= 0.6 is 0 Å². The van der Waals surface area contributed by atoms with Gasteiger partial charge in [0.05, 0.1) is 6.61 Å². The maximum absolute atomic E-state index is 12.5. The number of nitrogens with one attached hydrogen (secondary N) is 2. The van der Waals surface area contributed by atoms with Crippen molar-refractivity contribution in [1.29, 1.82) is 0 Å². The van der Waals surface area contributed by atoms with Gasteiger partial charge in [-0.25, -0.2) is 0 Å². The number of ether oxygens (including phenoxy) is 3. The van der Waals surface area contributed by atoms with Crippen LogP contribution in [0.5, 0.6) is 17.2 Å². The van der Waals surface area contributed by atoms with Crippen molar-refractivity contribution >= 4 is 29.3 Å². The quantitative estimate of drug-likeness (QED) is 0.285. The average Bonchev–Trinajstić information content (AvgIpc) is 2.84. The molecule has 182 valence electrons. The molecule has 0 saturated heterocycles. The van der Waals surface area contributed by atoms with Gasteiger partial charge in [0.15, 0.2) is 11.5 Å². The van der Waals surface area contributed by atoms with Crippen molar-refractivity contribution in [2.45, 2.75) is 20.8 Å². The maximum Gasteiger partial charge on any atom is 0.248 e. The zero-order chi connectivity index (χ0) is 25.0. The van der Waals surface area contributed by atoms with Gasteiger partial charge in [0, 0.05) is 24.4 Å². The van der Waals surface area contributed by atoms with Gasteiger partial charge in [-0.15, -0.1) is 0 Å². The number of hydrogen-bond acceptors (Lipinski definition) is 5. The molecule has 3 aromatic carbocycles. The predicted molar refractivity (Wildman–Crippen MR) is 138 cm³/mol. The summed E-state index contributed by atoms with van der Waals surface area (Å²) in [6.07, 6.45) is 3.15. The van der Waals surface area contributed by atoms with E-state index < -0.39 is 0 Å². The van der Waals surface area contributed by atoms with Crippen LogP contribution in [-0.4, -0.2) is 31.6 Å². The van der Waals surface area contributed by atoms with E-state index >= 15 is 0 Å². The van der Waals surface area contributed by atoms with Crippen molar-refractivity contribution in [3.8, 4) is 17.2 Å². The fourth-order valence-corrected chi connectivity index (χ4v) is 3.29. The summed E-state index contributed by atoms with van der Waals surface area (Å²) in [5.74, 6) is 1.53. The number of anilines is 2. The first-order valence-electron chi connectivity index (χ1n) is 11.4. The van der Waals surface area contributed by atoms with Crippen LogP contribution in [0.1, 0.15) is 25.0 Å². The lowest BCUT2D eigenvalue weighted by Gasteiger charge is -2.13. The van der Waals surface area contributed by atoms with Crippen molar-refractivity contribution in [2.75, 3.05) is 30.5 Å². The van der Waals surface area contributed by atoms with Crippen molar-refractivity contribution < 1.29 is 23.8 Å². The summed E-state index contributed by atoms with van der Waals surface area (Å²) in [4.78, 5) is 23.8. The molecule has 3 aromatic rings. The van der Waals surface area contributed by atoms with Crippen LogP contribution in [0.15, 0.2) is 72.8 Å². The lowest BCUT2D eigenvalue weighted by atomic mass is 10.1. The molecule has 7 heteroatoms. The number of para-hydroxylation sites is 1. The third kappa shape index (κ3) is 7.92. The molecule has 3 rings (SSSR count). The van der Waals surface area contributed by atoms with Crippen LogP contribution in [0.4, 0.5) is 11.4 Å². The molecule has 2 amide bonds. The zero-order valence-electron chi connectivity index (χ0n) is 20.2. The summed E-state index contributed by atoms with van der Waals surface area (Å²) in [6, 6.07) is 20.4. The van der Waals surface area contributed by atoms with Crippen LogP contribution in [-0.2, 0) is 9.59 Å². The Balaban J connectivity index is 1.60. The number of amides is 2. The highest BCUT2D eigenvalue weighted by Gasteiger charge is 2.09. The largest absolute Gasteiger partial charge is 0.490 e. The van der Waals surface area contributed by atoms with E-state index in [0.29, 0.717) is 42.7 Å². The lowest BCUT2D eigenvalue weighted by molar-refractivity contribution is -0.114. The first kappa shape index (κ1) is 25.4. The molecule has 2 N–H and O–H groups in total. The third-order valence-electron chi connectivity index (χ3n) is 4.95. The molecular weight excluding hydrogens is 444 g/mol. The number of benzene rings is 3. The van der Waals surface area contributed by atoms with Gasteiger partial charge in [0.1, 0.15) is 19.0 Å². The van der Waals surface area contributed by atoms with Gasteiger partial charge in [-0.05, 0) is 67.4 Å². The molecule has 0 aliphatic rings. The van der Waals surface area contributed by atoms with Crippen LogP contribution < -0.4 is 24.8 Å². The molecule has 0 saturated carbocycles. The predicted octanol–water partition coefficient (Wildman–Crippen LogP) is 5.46. The maximum atomic E-state index is 12.5. The van der Waals surface area contributed by atoms with Crippen molar-refractivity contribution in [3.05, 3.63) is 83.9 Å². The van der Waals surface area contributed by atoms with E-state index in [9.17, 15) is 9.59 Å². The third-order valence-corrected chi connectivity index (χ3v) is 4.95. The fourth-order valence-electron chi connectivity index (χ4n) is 3.29. The second-order valence-corrected chi connectivity index (χ2v) is 7.63. The van der Waals surface area contributed by atoms with Gasteiger partial charge in [-0.1, -0.05) is 30.3 Å². The molecule has 0 atom stereocenters. The van der Waals surface area contributed by atoms with Gasteiger partial charge < -0.3 is 24.8 Å². The number of rotatable bonds is 11. The van der Waals surface area contributed by atoms with Crippen molar-refractivity contribution in [3.63, 3.8) is 0 Å². The molecule has 7 nitrogen and oxygen atoms in total. The van der Waals surface area contributed by atoms with E-state index in [1.54, 1.807) is 24.3 Å². The average molecular weight is 475 g/mol. The Labute approximate surface area is 205 Å². The molecule has 0 aromatic heterocycles. The van der Waals surface area contributed by atoms with Gasteiger partial charge in [0.2, 0.25) is 11.8 Å². The highest BCUT2D eigenvalue weighted by Crippen LogP contribution is 2.29. The molecule has 0 bridgehead atoms. The summed E-state index contributed by atoms with van der Waals surface area (Å²) < 4.78 is 17.2. The number of carbonyl (C=O) groups is 2. The Morgan fingerprint density at radius 2 is 1.54 bits per heavy atom. The monoisotopic (exact) mass is 474 g/mol. The molecular formula is C28H30N2O5. The summed E-state index contributed by atoms with van der Waals surface area (Å²) >= 11 is 0. The van der Waals surface area contributed by atoms with Crippen LogP contribution in [0.25, 0.3) is 6.08 Å². The SMILES string of the molecule is CCOc1cc(/C=C/C(=O)Nc2cccc(NC(C)=O)c2C)ccc1OCCOc1ccccc1. The summed E-state index contributed by atoms with van der Waals surface area (Å²) in [7, 11) is 0. The van der Waals surface area contributed by atoms with Crippen molar-refractivity contribution in [1.82, 2.24) is 0 Å². The van der Waals surface area contributed by atoms with Gasteiger partial charge in [-0.2, -0.15) is 0 Å². The number of carbonyl (C=O) groups excluding carboxylic acids is 2. The molecule has 0 aliphatic heterocycles. The van der Waals surface area contributed by atoms with E-state index in [0.717, 1.165) is 16.9 Å². The van der Waals surface area contributed by atoms with Crippen LogP contribution in [0, 0.1) is 6.92 Å².